The van der Waals surface area contributed by atoms with E-state index in [4.69, 9.17) is 9.15 Å². The first-order valence-electron chi connectivity index (χ1n) is 8.74. The van der Waals surface area contributed by atoms with Crippen molar-refractivity contribution in [1.82, 2.24) is 5.32 Å². The SMILES string of the molecule is CC(NC(=O)COC(=O)c1cccc(NS(C)(=O)=O)c1)c1cc2ccccc2o1. The molecule has 0 spiro atoms. The molecule has 1 unspecified atom stereocenters. The summed E-state index contributed by atoms with van der Waals surface area (Å²) < 4.78 is 35.6. The van der Waals surface area contributed by atoms with Crippen LogP contribution in [-0.4, -0.2) is 33.2 Å². The molecule has 1 atom stereocenters. The van der Waals surface area contributed by atoms with Crippen LogP contribution in [0.1, 0.15) is 29.1 Å². The molecule has 1 amide bonds. The number of anilines is 1. The predicted molar refractivity (Wildman–Crippen MR) is 108 cm³/mol. The first kappa shape index (κ1) is 20.4. The average molecular weight is 416 g/mol. The summed E-state index contributed by atoms with van der Waals surface area (Å²) in [6.07, 6.45) is 1.01. The summed E-state index contributed by atoms with van der Waals surface area (Å²) in [5.74, 6) is -0.643. The van der Waals surface area contributed by atoms with E-state index >= 15 is 0 Å². The zero-order valence-electron chi connectivity index (χ0n) is 15.8. The zero-order valence-corrected chi connectivity index (χ0v) is 16.7. The Labute approximate surface area is 167 Å². The molecule has 0 saturated heterocycles. The van der Waals surface area contributed by atoms with Crippen LogP contribution < -0.4 is 10.0 Å². The molecule has 2 aromatic carbocycles. The zero-order chi connectivity index (χ0) is 21.0. The molecule has 29 heavy (non-hydrogen) atoms. The molecular formula is C20H20N2O6S. The lowest BCUT2D eigenvalue weighted by atomic mass is 10.2. The number of hydrogen-bond donors (Lipinski definition) is 2. The number of benzene rings is 2. The monoisotopic (exact) mass is 416 g/mol. The van der Waals surface area contributed by atoms with Gasteiger partial charge in [0.15, 0.2) is 6.61 Å². The summed E-state index contributed by atoms with van der Waals surface area (Å²) in [5.41, 5.74) is 1.07. The number of para-hydroxylation sites is 1. The molecule has 1 aromatic heterocycles. The van der Waals surface area contributed by atoms with Gasteiger partial charge in [-0.25, -0.2) is 13.2 Å². The number of hydrogen-bond acceptors (Lipinski definition) is 6. The van der Waals surface area contributed by atoms with E-state index in [2.05, 4.69) is 10.0 Å². The number of fused-ring (bicyclic) bond motifs is 1. The van der Waals surface area contributed by atoms with Gasteiger partial charge in [0, 0.05) is 11.1 Å². The molecule has 0 fully saturated rings. The minimum Gasteiger partial charge on any atom is -0.459 e. The van der Waals surface area contributed by atoms with Gasteiger partial charge in [0.2, 0.25) is 10.0 Å². The number of carbonyl (C=O) groups is 2. The number of carbonyl (C=O) groups excluding carboxylic acids is 2. The lowest BCUT2D eigenvalue weighted by molar-refractivity contribution is -0.125. The first-order valence-corrected chi connectivity index (χ1v) is 10.6. The number of sulfonamides is 1. The lowest BCUT2D eigenvalue weighted by Crippen LogP contribution is -2.31. The summed E-state index contributed by atoms with van der Waals surface area (Å²) in [6.45, 7) is 1.28. The van der Waals surface area contributed by atoms with Crippen LogP contribution in [-0.2, 0) is 19.6 Å². The van der Waals surface area contributed by atoms with Crippen molar-refractivity contribution in [2.24, 2.45) is 0 Å². The second-order valence-electron chi connectivity index (χ2n) is 6.51. The van der Waals surface area contributed by atoms with Crippen LogP contribution in [0.2, 0.25) is 0 Å². The van der Waals surface area contributed by atoms with Crippen molar-refractivity contribution in [3.05, 3.63) is 65.9 Å². The third kappa shape index (κ3) is 5.58. The molecular weight excluding hydrogens is 396 g/mol. The Hall–Kier alpha value is -3.33. The highest BCUT2D eigenvalue weighted by atomic mass is 32.2. The van der Waals surface area contributed by atoms with Crippen LogP contribution >= 0.6 is 0 Å². The number of furan rings is 1. The van der Waals surface area contributed by atoms with Crippen LogP contribution in [0.5, 0.6) is 0 Å². The molecule has 0 bridgehead atoms. The van der Waals surface area contributed by atoms with Gasteiger partial charge < -0.3 is 14.5 Å². The standard InChI is InChI=1S/C20H20N2O6S/c1-13(18-11-14-6-3-4-9-17(14)28-18)21-19(23)12-27-20(24)15-7-5-8-16(10-15)22-29(2,25)26/h3-11,13,22H,12H2,1-2H3,(H,21,23). The first-order chi connectivity index (χ1) is 13.7. The summed E-state index contributed by atoms with van der Waals surface area (Å²) in [7, 11) is -3.47. The van der Waals surface area contributed by atoms with E-state index in [9.17, 15) is 18.0 Å². The summed E-state index contributed by atoms with van der Waals surface area (Å²) in [5, 5.41) is 3.63. The van der Waals surface area contributed by atoms with Gasteiger partial charge in [-0.1, -0.05) is 24.3 Å². The van der Waals surface area contributed by atoms with Gasteiger partial charge in [0.05, 0.1) is 17.9 Å². The Balaban J connectivity index is 1.56. The molecule has 0 saturated carbocycles. The molecule has 2 N–H and O–H groups in total. The number of amides is 1. The van der Waals surface area contributed by atoms with Crippen molar-refractivity contribution in [3.63, 3.8) is 0 Å². The van der Waals surface area contributed by atoms with Crippen LogP contribution in [0.4, 0.5) is 5.69 Å². The normalized spacial score (nSPS) is 12.3. The highest BCUT2D eigenvalue weighted by Gasteiger charge is 2.16. The second-order valence-corrected chi connectivity index (χ2v) is 8.26. The molecule has 0 aliphatic heterocycles. The summed E-state index contributed by atoms with van der Waals surface area (Å²) >= 11 is 0. The molecule has 0 aliphatic carbocycles. The molecule has 1 heterocycles. The average Bonchev–Trinajstić information content (AvgIpc) is 3.09. The largest absolute Gasteiger partial charge is 0.459 e. The number of ether oxygens (including phenoxy) is 1. The Morgan fingerprint density at radius 3 is 2.59 bits per heavy atom. The second kappa shape index (κ2) is 8.36. The van der Waals surface area contributed by atoms with Gasteiger partial charge in [0.1, 0.15) is 11.3 Å². The van der Waals surface area contributed by atoms with Gasteiger partial charge in [-0.05, 0) is 37.3 Å². The van der Waals surface area contributed by atoms with Crippen molar-refractivity contribution in [3.8, 4) is 0 Å². The molecule has 3 aromatic rings. The third-order valence-corrected chi connectivity index (χ3v) is 4.59. The van der Waals surface area contributed by atoms with Crippen molar-refractivity contribution >= 4 is 38.6 Å². The fraction of sp³-hybridized carbons (Fsp3) is 0.200. The van der Waals surface area contributed by atoms with E-state index < -0.39 is 34.5 Å². The van der Waals surface area contributed by atoms with E-state index in [1.54, 1.807) is 6.92 Å². The van der Waals surface area contributed by atoms with E-state index in [0.717, 1.165) is 17.2 Å². The Bertz CT molecular complexity index is 1120. The minimum absolute atomic E-state index is 0.122. The van der Waals surface area contributed by atoms with Crippen molar-refractivity contribution in [2.45, 2.75) is 13.0 Å². The molecule has 9 heteroatoms. The quantitative estimate of drug-likeness (QED) is 0.573. The number of rotatable bonds is 7. The maximum Gasteiger partial charge on any atom is 0.338 e. The van der Waals surface area contributed by atoms with E-state index in [1.165, 1.54) is 24.3 Å². The Morgan fingerprint density at radius 2 is 1.86 bits per heavy atom. The molecule has 152 valence electrons. The Morgan fingerprint density at radius 1 is 1.10 bits per heavy atom. The Kier molecular flexibility index (Phi) is 5.88. The van der Waals surface area contributed by atoms with Gasteiger partial charge >= 0.3 is 5.97 Å². The summed E-state index contributed by atoms with van der Waals surface area (Å²) in [6, 6.07) is 14.7. The molecule has 0 radical (unpaired) electrons. The topological polar surface area (TPSA) is 115 Å². The van der Waals surface area contributed by atoms with Gasteiger partial charge in [-0.2, -0.15) is 0 Å². The van der Waals surface area contributed by atoms with Gasteiger partial charge in [-0.15, -0.1) is 0 Å². The van der Waals surface area contributed by atoms with Gasteiger partial charge in [-0.3, -0.25) is 9.52 Å². The fourth-order valence-corrected chi connectivity index (χ4v) is 3.26. The highest BCUT2D eigenvalue weighted by Crippen LogP contribution is 2.23. The van der Waals surface area contributed by atoms with Crippen molar-refractivity contribution < 1.29 is 27.2 Å². The summed E-state index contributed by atoms with van der Waals surface area (Å²) in [4.78, 5) is 24.3. The minimum atomic E-state index is -3.47. The third-order valence-electron chi connectivity index (χ3n) is 3.98. The number of nitrogens with one attached hydrogen (secondary N) is 2. The smallest absolute Gasteiger partial charge is 0.338 e. The molecule has 3 rings (SSSR count). The maximum absolute atomic E-state index is 12.1. The van der Waals surface area contributed by atoms with Crippen molar-refractivity contribution in [2.75, 3.05) is 17.6 Å². The molecule has 8 nitrogen and oxygen atoms in total. The maximum atomic E-state index is 12.1. The van der Waals surface area contributed by atoms with E-state index in [1.807, 2.05) is 30.3 Å². The fourth-order valence-electron chi connectivity index (χ4n) is 2.71. The van der Waals surface area contributed by atoms with Gasteiger partial charge in [0.25, 0.3) is 5.91 Å². The highest BCUT2D eigenvalue weighted by molar-refractivity contribution is 7.92. The van der Waals surface area contributed by atoms with Crippen molar-refractivity contribution in [1.29, 1.82) is 0 Å². The molecule has 0 aliphatic rings. The van der Waals surface area contributed by atoms with Crippen LogP contribution in [0.3, 0.4) is 0 Å². The number of esters is 1. The van der Waals surface area contributed by atoms with E-state index in [-0.39, 0.29) is 11.3 Å². The van der Waals surface area contributed by atoms with Crippen LogP contribution in [0.25, 0.3) is 11.0 Å². The van der Waals surface area contributed by atoms with Crippen LogP contribution in [0, 0.1) is 0 Å². The predicted octanol–water partition coefficient (Wildman–Crippen LogP) is 2.84. The van der Waals surface area contributed by atoms with Crippen LogP contribution in [0.15, 0.2) is 59.0 Å². The van der Waals surface area contributed by atoms with E-state index in [0.29, 0.717) is 5.76 Å². The lowest BCUT2D eigenvalue weighted by Gasteiger charge is -2.12.